The Morgan fingerprint density at radius 2 is 2.36 bits per heavy atom. The van der Waals surface area contributed by atoms with Crippen molar-refractivity contribution in [2.45, 2.75) is 20.0 Å². The number of hydrogen-bond acceptors (Lipinski definition) is 1. The molecular formula is C10H14O. The van der Waals surface area contributed by atoms with Crippen LogP contribution in [0.15, 0.2) is 36.0 Å². The van der Waals surface area contributed by atoms with Crippen molar-refractivity contribution in [2.24, 2.45) is 0 Å². The second-order valence-electron chi connectivity index (χ2n) is 2.64. The highest BCUT2D eigenvalue weighted by Crippen LogP contribution is 2.22. The summed E-state index contributed by atoms with van der Waals surface area (Å²) in [7, 11) is 0. The minimum Gasteiger partial charge on any atom is -0.369 e. The molecule has 1 heteroatoms. The molecule has 0 aromatic heterocycles. The fourth-order valence-electron chi connectivity index (χ4n) is 1.25. The first kappa shape index (κ1) is 8.28. The molecule has 0 aromatic carbocycles. The molecule has 0 fully saturated rings. The molecule has 0 saturated heterocycles. The topological polar surface area (TPSA) is 9.23 Å². The second kappa shape index (κ2) is 3.54. The minimum atomic E-state index is 0.235. The van der Waals surface area contributed by atoms with Gasteiger partial charge in [-0.2, -0.15) is 0 Å². The lowest BCUT2D eigenvalue weighted by atomic mass is 10.1. The standard InChI is InChI=1S/C10H14O/c1-4-6-10-8(3)11-7-9(10)5-2/h4-6,8H,2,7H2,1,3H3/b6-4-. The summed E-state index contributed by atoms with van der Waals surface area (Å²) in [6.07, 6.45) is 6.23. The Bertz CT molecular complexity index is 211. The summed E-state index contributed by atoms with van der Waals surface area (Å²) in [6, 6.07) is 0. The zero-order valence-electron chi connectivity index (χ0n) is 7.13. The smallest absolute Gasteiger partial charge is 0.0804 e. The van der Waals surface area contributed by atoms with Crippen molar-refractivity contribution < 1.29 is 4.74 Å². The first-order valence-electron chi connectivity index (χ1n) is 3.89. The molecule has 1 atom stereocenters. The highest BCUT2D eigenvalue weighted by atomic mass is 16.5. The maximum absolute atomic E-state index is 5.42. The van der Waals surface area contributed by atoms with Crippen LogP contribution in [-0.4, -0.2) is 12.7 Å². The van der Waals surface area contributed by atoms with E-state index < -0.39 is 0 Å². The van der Waals surface area contributed by atoms with Crippen molar-refractivity contribution in [1.82, 2.24) is 0 Å². The van der Waals surface area contributed by atoms with Gasteiger partial charge in [0.1, 0.15) is 0 Å². The average Bonchev–Trinajstić information content (AvgIpc) is 2.34. The molecule has 1 aliphatic rings. The SMILES string of the molecule is C=CC1=C(/C=C\C)C(C)OC1. The summed E-state index contributed by atoms with van der Waals surface area (Å²) in [5.41, 5.74) is 2.48. The molecule has 1 heterocycles. The predicted octanol–water partition coefficient (Wildman–Crippen LogP) is 2.46. The van der Waals surface area contributed by atoms with Gasteiger partial charge >= 0.3 is 0 Å². The van der Waals surface area contributed by atoms with E-state index >= 15 is 0 Å². The van der Waals surface area contributed by atoms with Gasteiger partial charge in [0.2, 0.25) is 0 Å². The number of allylic oxidation sites excluding steroid dienone is 1. The van der Waals surface area contributed by atoms with Crippen LogP contribution in [0, 0.1) is 0 Å². The van der Waals surface area contributed by atoms with Crippen LogP contribution in [0.5, 0.6) is 0 Å². The molecule has 0 aliphatic carbocycles. The quantitative estimate of drug-likeness (QED) is 0.587. The molecule has 60 valence electrons. The van der Waals surface area contributed by atoms with Gasteiger partial charge in [-0.1, -0.05) is 24.8 Å². The Balaban J connectivity index is 2.89. The molecular weight excluding hydrogens is 136 g/mol. The highest BCUT2D eigenvalue weighted by Gasteiger charge is 2.17. The van der Waals surface area contributed by atoms with Crippen molar-refractivity contribution in [3.05, 3.63) is 36.0 Å². The molecule has 0 bridgehead atoms. The first-order chi connectivity index (χ1) is 5.29. The van der Waals surface area contributed by atoms with Crippen molar-refractivity contribution in [2.75, 3.05) is 6.61 Å². The molecule has 0 spiro atoms. The summed E-state index contributed by atoms with van der Waals surface area (Å²) >= 11 is 0. The Morgan fingerprint density at radius 3 is 2.91 bits per heavy atom. The Morgan fingerprint density at radius 1 is 1.64 bits per heavy atom. The molecule has 1 unspecified atom stereocenters. The molecule has 0 amide bonds. The van der Waals surface area contributed by atoms with E-state index in [4.69, 9.17) is 4.74 Å². The van der Waals surface area contributed by atoms with Gasteiger partial charge in [0.05, 0.1) is 12.7 Å². The third-order valence-corrected chi connectivity index (χ3v) is 1.89. The van der Waals surface area contributed by atoms with Gasteiger partial charge in [-0.3, -0.25) is 0 Å². The number of rotatable bonds is 2. The maximum atomic E-state index is 5.42. The maximum Gasteiger partial charge on any atom is 0.0804 e. The molecule has 0 radical (unpaired) electrons. The van der Waals surface area contributed by atoms with Crippen LogP contribution in [0.2, 0.25) is 0 Å². The number of hydrogen-bond donors (Lipinski definition) is 0. The van der Waals surface area contributed by atoms with E-state index in [2.05, 4.69) is 19.6 Å². The Hall–Kier alpha value is -0.820. The second-order valence-corrected chi connectivity index (χ2v) is 2.64. The monoisotopic (exact) mass is 150 g/mol. The Kier molecular flexibility index (Phi) is 2.66. The first-order valence-corrected chi connectivity index (χ1v) is 3.89. The van der Waals surface area contributed by atoms with E-state index in [0.717, 1.165) is 0 Å². The summed E-state index contributed by atoms with van der Waals surface area (Å²) < 4.78 is 5.42. The van der Waals surface area contributed by atoms with E-state index in [-0.39, 0.29) is 6.10 Å². The third kappa shape index (κ3) is 1.60. The van der Waals surface area contributed by atoms with Crippen LogP contribution in [0.4, 0.5) is 0 Å². The van der Waals surface area contributed by atoms with Crippen LogP contribution in [0.3, 0.4) is 0 Å². The van der Waals surface area contributed by atoms with Crippen LogP contribution in [0.1, 0.15) is 13.8 Å². The largest absolute Gasteiger partial charge is 0.369 e. The summed E-state index contributed by atoms with van der Waals surface area (Å²) in [5, 5.41) is 0. The molecule has 0 saturated carbocycles. The zero-order chi connectivity index (χ0) is 8.27. The van der Waals surface area contributed by atoms with Crippen LogP contribution >= 0.6 is 0 Å². The normalized spacial score (nSPS) is 25.1. The highest BCUT2D eigenvalue weighted by molar-refractivity contribution is 5.37. The molecule has 1 aliphatic heterocycles. The zero-order valence-corrected chi connectivity index (χ0v) is 7.13. The van der Waals surface area contributed by atoms with Crippen molar-refractivity contribution >= 4 is 0 Å². The van der Waals surface area contributed by atoms with Crippen molar-refractivity contribution in [3.63, 3.8) is 0 Å². The summed E-state index contributed by atoms with van der Waals surface area (Å²) in [6.45, 7) is 8.52. The molecule has 0 aromatic rings. The molecule has 1 nitrogen and oxygen atoms in total. The van der Waals surface area contributed by atoms with Gasteiger partial charge in [-0.15, -0.1) is 0 Å². The summed E-state index contributed by atoms with van der Waals surface area (Å²) in [4.78, 5) is 0. The molecule has 0 N–H and O–H groups in total. The van der Waals surface area contributed by atoms with E-state index in [0.29, 0.717) is 6.61 Å². The van der Waals surface area contributed by atoms with Crippen molar-refractivity contribution in [3.8, 4) is 0 Å². The van der Waals surface area contributed by atoms with E-state index in [1.54, 1.807) is 0 Å². The molecule has 1 rings (SSSR count). The van der Waals surface area contributed by atoms with Crippen molar-refractivity contribution in [1.29, 1.82) is 0 Å². The lowest BCUT2D eigenvalue weighted by Crippen LogP contribution is -2.01. The lowest BCUT2D eigenvalue weighted by molar-refractivity contribution is 0.136. The minimum absolute atomic E-state index is 0.235. The van der Waals surface area contributed by atoms with E-state index in [9.17, 15) is 0 Å². The third-order valence-electron chi connectivity index (χ3n) is 1.89. The lowest BCUT2D eigenvalue weighted by Gasteiger charge is -2.02. The Labute approximate surface area is 68.1 Å². The van der Waals surface area contributed by atoms with Crippen LogP contribution in [0.25, 0.3) is 0 Å². The fourth-order valence-corrected chi connectivity index (χ4v) is 1.25. The summed E-state index contributed by atoms with van der Waals surface area (Å²) in [5.74, 6) is 0. The van der Waals surface area contributed by atoms with Gasteiger partial charge < -0.3 is 4.74 Å². The van der Waals surface area contributed by atoms with Gasteiger partial charge in [0.25, 0.3) is 0 Å². The van der Waals surface area contributed by atoms with Gasteiger partial charge in [0.15, 0.2) is 0 Å². The van der Waals surface area contributed by atoms with E-state index in [1.165, 1.54) is 11.1 Å². The van der Waals surface area contributed by atoms with E-state index in [1.807, 2.05) is 19.1 Å². The van der Waals surface area contributed by atoms with Gasteiger partial charge in [-0.25, -0.2) is 0 Å². The van der Waals surface area contributed by atoms with Gasteiger partial charge in [-0.05, 0) is 25.0 Å². The number of ether oxygens (including phenoxy) is 1. The van der Waals surface area contributed by atoms with Crippen LogP contribution in [-0.2, 0) is 4.74 Å². The average molecular weight is 150 g/mol. The molecule has 11 heavy (non-hydrogen) atoms. The van der Waals surface area contributed by atoms with Gasteiger partial charge in [0, 0.05) is 0 Å². The van der Waals surface area contributed by atoms with Crippen LogP contribution < -0.4 is 0 Å². The fraction of sp³-hybridized carbons (Fsp3) is 0.400. The predicted molar refractivity (Wildman–Crippen MR) is 47.5 cm³/mol.